The van der Waals surface area contributed by atoms with Crippen LogP contribution >= 0.6 is 0 Å². The van der Waals surface area contributed by atoms with Crippen LogP contribution in [0.15, 0.2) is 164 Å². The van der Waals surface area contributed by atoms with Gasteiger partial charge in [-0.2, -0.15) is 0 Å². The first-order valence-corrected chi connectivity index (χ1v) is 16.8. The van der Waals surface area contributed by atoms with Crippen molar-refractivity contribution in [1.82, 2.24) is 4.57 Å². The zero-order valence-corrected chi connectivity index (χ0v) is 27.0. The van der Waals surface area contributed by atoms with Crippen LogP contribution in [0.25, 0.3) is 82.4 Å². The molecule has 0 spiro atoms. The molecule has 48 heavy (non-hydrogen) atoms. The molecule has 1 heterocycles. The Kier molecular flexibility index (Phi) is 5.69. The molecule has 226 valence electrons. The van der Waals surface area contributed by atoms with Gasteiger partial charge in [-0.15, -0.1) is 0 Å². The third kappa shape index (κ3) is 3.91. The lowest BCUT2D eigenvalue weighted by atomic mass is 9.81. The van der Waals surface area contributed by atoms with Crippen LogP contribution in [0.3, 0.4) is 0 Å². The molecule has 1 aromatic heterocycles. The summed E-state index contributed by atoms with van der Waals surface area (Å²) in [4.78, 5) is 0. The van der Waals surface area contributed by atoms with Crippen molar-refractivity contribution >= 4 is 43.4 Å². The van der Waals surface area contributed by atoms with Gasteiger partial charge in [-0.25, -0.2) is 0 Å². The van der Waals surface area contributed by atoms with Crippen molar-refractivity contribution in [1.29, 1.82) is 0 Å². The first kappa shape index (κ1) is 27.2. The topological polar surface area (TPSA) is 4.93 Å². The summed E-state index contributed by atoms with van der Waals surface area (Å²) >= 11 is 0. The average Bonchev–Trinajstić information content (AvgIpc) is 3.59. The van der Waals surface area contributed by atoms with E-state index in [4.69, 9.17) is 0 Å². The van der Waals surface area contributed by atoms with Gasteiger partial charge in [-0.05, 0) is 109 Å². The Bertz CT molecular complexity index is 2690. The number of fused-ring (bicyclic) bond motifs is 9. The van der Waals surface area contributed by atoms with Crippen LogP contribution in [0.4, 0.5) is 0 Å². The second kappa shape index (κ2) is 10.0. The Morgan fingerprint density at radius 2 is 0.958 bits per heavy atom. The number of aromatic nitrogens is 1. The SMILES string of the molecule is CC1(C)c2ccccc2-c2cc3ccc4ccc(-c5ccc(-c6cccc(-n7c8ccccc8c8ccccc87)c6)cc5)cc4c3cc21. The molecule has 9 aromatic rings. The highest BCUT2D eigenvalue weighted by Crippen LogP contribution is 2.50. The largest absolute Gasteiger partial charge is 0.309 e. The number of hydrogen-bond acceptors (Lipinski definition) is 0. The summed E-state index contributed by atoms with van der Waals surface area (Å²) in [5, 5.41) is 7.77. The average molecular weight is 612 g/mol. The number of benzene rings is 8. The molecule has 0 unspecified atom stereocenters. The number of rotatable bonds is 3. The van der Waals surface area contributed by atoms with Gasteiger partial charge in [0.2, 0.25) is 0 Å². The molecule has 0 N–H and O–H groups in total. The van der Waals surface area contributed by atoms with Gasteiger partial charge in [0.25, 0.3) is 0 Å². The fourth-order valence-corrected chi connectivity index (χ4v) is 8.31. The highest BCUT2D eigenvalue weighted by molar-refractivity contribution is 6.11. The van der Waals surface area contributed by atoms with Gasteiger partial charge in [0, 0.05) is 21.9 Å². The molecule has 0 saturated carbocycles. The maximum atomic E-state index is 2.46. The number of hydrogen-bond donors (Lipinski definition) is 0. The maximum Gasteiger partial charge on any atom is 0.0541 e. The Balaban J connectivity index is 1.04. The molecular formula is C47H33N. The summed E-state index contributed by atoms with van der Waals surface area (Å²) < 4.78 is 2.39. The normalized spacial score (nSPS) is 13.4. The minimum Gasteiger partial charge on any atom is -0.309 e. The highest BCUT2D eigenvalue weighted by Gasteiger charge is 2.35. The van der Waals surface area contributed by atoms with Crippen molar-refractivity contribution in [2.24, 2.45) is 0 Å². The molecule has 1 aliphatic carbocycles. The van der Waals surface area contributed by atoms with Crippen molar-refractivity contribution in [2.45, 2.75) is 19.3 Å². The van der Waals surface area contributed by atoms with E-state index in [1.54, 1.807) is 0 Å². The van der Waals surface area contributed by atoms with Crippen molar-refractivity contribution in [3.63, 3.8) is 0 Å². The Morgan fingerprint density at radius 3 is 1.71 bits per heavy atom. The lowest BCUT2D eigenvalue weighted by Gasteiger charge is -2.22. The van der Waals surface area contributed by atoms with Gasteiger partial charge in [-0.1, -0.05) is 135 Å². The van der Waals surface area contributed by atoms with Crippen LogP contribution in [-0.4, -0.2) is 4.57 Å². The van der Waals surface area contributed by atoms with E-state index >= 15 is 0 Å². The Morgan fingerprint density at radius 1 is 0.375 bits per heavy atom. The molecule has 1 nitrogen and oxygen atoms in total. The quantitative estimate of drug-likeness (QED) is 0.175. The first-order chi connectivity index (χ1) is 23.5. The smallest absolute Gasteiger partial charge is 0.0541 e. The van der Waals surface area contributed by atoms with E-state index in [1.165, 1.54) is 93.5 Å². The van der Waals surface area contributed by atoms with Crippen molar-refractivity contribution in [2.75, 3.05) is 0 Å². The van der Waals surface area contributed by atoms with Crippen molar-refractivity contribution in [3.05, 3.63) is 175 Å². The number of para-hydroxylation sites is 2. The second-order valence-corrected chi connectivity index (χ2v) is 13.8. The van der Waals surface area contributed by atoms with E-state index in [9.17, 15) is 0 Å². The summed E-state index contributed by atoms with van der Waals surface area (Å²) in [6.45, 7) is 4.72. The standard InChI is InChI=1S/C47H33N/c1-47(2)43-15-6-3-12-37(43)42-28-35-25-23-32-22-24-34(27-40(32)41(35)29-44(42)47)31-20-18-30(19-21-31)33-10-9-11-36(26-33)48-45-16-7-4-13-38(45)39-14-5-8-17-46(39)48/h3-29H,1-2H3. The minimum atomic E-state index is -0.0193. The van der Waals surface area contributed by atoms with Crippen LogP contribution in [0, 0.1) is 0 Å². The third-order valence-corrected chi connectivity index (χ3v) is 10.8. The first-order valence-electron chi connectivity index (χ1n) is 16.8. The lowest BCUT2D eigenvalue weighted by molar-refractivity contribution is 0.661. The van der Waals surface area contributed by atoms with E-state index in [-0.39, 0.29) is 5.41 Å². The van der Waals surface area contributed by atoms with Crippen LogP contribution < -0.4 is 0 Å². The summed E-state index contributed by atoms with van der Waals surface area (Å²) in [5.74, 6) is 0. The van der Waals surface area contributed by atoms with E-state index in [2.05, 4.69) is 182 Å². The molecule has 1 aliphatic rings. The zero-order valence-electron chi connectivity index (χ0n) is 27.0. The molecule has 0 radical (unpaired) electrons. The molecular weight excluding hydrogens is 579 g/mol. The number of nitrogens with zero attached hydrogens (tertiary/aromatic N) is 1. The molecule has 0 atom stereocenters. The van der Waals surface area contributed by atoms with E-state index < -0.39 is 0 Å². The van der Waals surface area contributed by atoms with Gasteiger partial charge in [0.05, 0.1) is 11.0 Å². The molecule has 0 aliphatic heterocycles. The highest BCUT2D eigenvalue weighted by atomic mass is 15.0. The van der Waals surface area contributed by atoms with Crippen LogP contribution in [0.5, 0.6) is 0 Å². The predicted molar refractivity (Wildman–Crippen MR) is 204 cm³/mol. The molecule has 0 fully saturated rings. The molecule has 8 aromatic carbocycles. The van der Waals surface area contributed by atoms with E-state index in [0.717, 1.165) is 0 Å². The molecule has 10 rings (SSSR count). The van der Waals surface area contributed by atoms with Gasteiger partial charge in [0.1, 0.15) is 0 Å². The minimum absolute atomic E-state index is 0.0193. The van der Waals surface area contributed by atoms with E-state index in [1.807, 2.05) is 0 Å². The van der Waals surface area contributed by atoms with Crippen LogP contribution in [0.1, 0.15) is 25.0 Å². The van der Waals surface area contributed by atoms with Crippen molar-refractivity contribution in [3.8, 4) is 39.1 Å². The van der Waals surface area contributed by atoms with Crippen LogP contribution in [0.2, 0.25) is 0 Å². The van der Waals surface area contributed by atoms with Gasteiger partial charge >= 0.3 is 0 Å². The fraction of sp³-hybridized carbons (Fsp3) is 0.0638. The summed E-state index contributed by atoms with van der Waals surface area (Å²) in [5.41, 5.74) is 14.1. The van der Waals surface area contributed by atoms with Gasteiger partial charge in [0.15, 0.2) is 0 Å². The maximum absolute atomic E-state index is 2.46. The van der Waals surface area contributed by atoms with Crippen molar-refractivity contribution < 1.29 is 0 Å². The second-order valence-electron chi connectivity index (χ2n) is 13.8. The van der Waals surface area contributed by atoms with E-state index in [0.29, 0.717) is 0 Å². The Labute approximate surface area is 280 Å². The zero-order chi connectivity index (χ0) is 32.0. The molecule has 0 amide bonds. The molecule has 0 saturated heterocycles. The van der Waals surface area contributed by atoms with Crippen LogP contribution in [-0.2, 0) is 5.41 Å². The monoisotopic (exact) mass is 611 g/mol. The third-order valence-electron chi connectivity index (χ3n) is 10.8. The lowest BCUT2D eigenvalue weighted by Crippen LogP contribution is -2.14. The van der Waals surface area contributed by atoms with Gasteiger partial charge < -0.3 is 4.57 Å². The summed E-state index contributed by atoms with van der Waals surface area (Å²) in [6, 6.07) is 60.6. The van der Waals surface area contributed by atoms with Gasteiger partial charge in [-0.3, -0.25) is 0 Å². The molecule has 1 heteroatoms. The molecule has 0 bridgehead atoms. The Hall–Kier alpha value is -5.92. The predicted octanol–water partition coefficient (Wildman–Crippen LogP) is 12.7. The summed E-state index contributed by atoms with van der Waals surface area (Å²) in [6.07, 6.45) is 0. The fourth-order valence-electron chi connectivity index (χ4n) is 8.31. The summed E-state index contributed by atoms with van der Waals surface area (Å²) in [7, 11) is 0.